The Bertz CT molecular complexity index is 1940. The molecule has 4 aliphatic heterocycles. The summed E-state index contributed by atoms with van der Waals surface area (Å²) < 4.78 is 18.2. The first-order valence-corrected chi connectivity index (χ1v) is 27.2. The first kappa shape index (κ1) is 60.7. The Morgan fingerprint density at radius 2 is 0.986 bits per heavy atom. The second-order valence-corrected chi connectivity index (χ2v) is 23.2. The van der Waals surface area contributed by atoms with Gasteiger partial charge in [0.2, 0.25) is 23.6 Å². The average Bonchev–Trinajstić information content (AvgIpc) is 3.65. The Hall–Kier alpha value is -2.82. The van der Waals surface area contributed by atoms with Gasteiger partial charge in [-0.15, -0.1) is 48.3 Å². The summed E-state index contributed by atoms with van der Waals surface area (Å²) in [5.41, 5.74) is 0.856. The third kappa shape index (κ3) is 15.6. The molecule has 6 N–H and O–H groups in total. The van der Waals surface area contributed by atoms with Crippen LogP contribution in [-0.2, 0) is 33.4 Å². The van der Waals surface area contributed by atoms with Gasteiger partial charge in [-0.25, -0.2) is 0 Å². The monoisotopic (exact) mass is 1100 g/mol. The molecule has 10 atom stereocenters. The van der Waals surface area contributed by atoms with Crippen molar-refractivity contribution in [3.8, 4) is 0 Å². The Morgan fingerprint density at radius 1 is 0.634 bits per heavy atom. The molecule has 4 unspecified atom stereocenters. The number of nitrogens with one attached hydrogen (secondary N) is 6. The number of carbonyl (C=O) groups excluding carboxylic acids is 4. The zero-order valence-electron chi connectivity index (χ0n) is 42.2. The molecule has 0 aliphatic carbocycles. The van der Waals surface area contributed by atoms with E-state index in [1.807, 2.05) is 88.6 Å². The van der Waals surface area contributed by atoms with Crippen LogP contribution in [0.5, 0.6) is 0 Å². The highest BCUT2D eigenvalue weighted by atomic mass is 35.5. The third-order valence-electron chi connectivity index (χ3n) is 13.7. The molecule has 71 heavy (non-hydrogen) atoms. The summed E-state index contributed by atoms with van der Waals surface area (Å²) in [5, 5.41) is 19.1. The summed E-state index contributed by atoms with van der Waals surface area (Å²) in [7, 11) is 3.66. The van der Waals surface area contributed by atoms with Gasteiger partial charge >= 0.3 is 0 Å². The van der Waals surface area contributed by atoms with Gasteiger partial charge in [-0.05, 0) is 87.1 Å². The molecule has 4 saturated heterocycles. The summed E-state index contributed by atoms with van der Waals surface area (Å²) in [6.07, 6.45) is 2.65. The van der Waals surface area contributed by atoms with E-state index in [0.717, 1.165) is 22.6 Å². The van der Waals surface area contributed by atoms with Crippen molar-refractivity contribution in [3.63, 3.8) is 0 Å². The molecular formula is C50H76Cl2N8O7S4. The molecule has 4 aliphatic rings. The smallest absolute Gasteiger partial charge is 0.246 e. The minimum Gasteiger partial charge on any atom is -0.377 e. The predicted octanol–water partition coefficient (Wildman–Crippen LogP) is 5.56. The summed E-state index contributed by atoms with van der Waals surface area (Å²) in [5.74, 6) is 0.921. The number of fused-ring (bicyclic) bond motifs is 2. The fourth-order valence-corrected chi connectivity index (χ4v) is 13.3. The van der Waals surface area contributed by atoms with Gasteiger partial charge in [-0.1, -0.05) is 113 Å². The number of likely N-dealkylation sites (N-methyl/N-ethyl adjacent to an activating group) is 2. The largest absolute Gasteiger partial charge is 0.377 e. The van der Waals surface area contributed by atoms with E-state index >= 15 is 0 Å². The average molecular weight is 1100 g/mol. The molecule has 21 heteroatoms. The third-order valence-corrected chi connectivity index (χ3v) is 17.2. The minimum atomic E-state index is -0.679. The number of benzene rings is 2. The number of halogens is 2. The first-order valence-electron chi connectivity index (χ1n) is 24.2. The van der Waals surface area contributed by atoms with Gasteiger partial charge in [0.25, 0.3) is 0 Å². The number of thioether (sulfide) groups is 2. The van der Waals surface area contributed by atoms with Gasteiger partial charge in [-0.2, -0.15) is 0 Å². The molecule has 4 fully saturated rings. The highest BCUT2D eigenvalue weighted by molar-refractivity contribution is 8.00. The molecule has 0 aromatic heterocycles. The van der Waals surface area contributed by atoms with Crippen molar-refractivity contribution in [1.29, 1.82) is 0 Å². The topological polar surface area (TPSA) is 175 Å². The molecule has 4 heterocycles. The molecule has 6 rings (SSSR count). The lowest BCUT2D eigenvalue weighted by atomic mass is 9.83. The fourth-order valence-electron chi connectivity index (χ4n) is 9.61. The van der Waals surface area contributed by atoms with E-state index in [-0.39, 0.29) is 97.7 Å². The molecule has 4 amide bonds. The second-order valence-electron chi connectivity index (χ2n) is 19.8. The zero-order valence-corrected chi connectivity index (χ0v) is 47.1. The van der Waals surface area contributed by atoms with Gasteiger partial charge in [0.15, 0.2) is 0 Å². The summed E-state index contributed by atoms with van der Waals surface area (Å²) in [6, 6.07) is 15.9. The number of amides is 4. The lowest BCUT2D eigenvalue weighted by Gasteiger charge is -2.35. The van der Waals surface area contributed by atoms with E-state index in [4.69, 9.17) is 38.6 Å². The molecule has 0 saturated carbocycles. The van der Waals surface area contributed by atoms with Crippen LogP contribution in [0.2, 0.25) is 0 Å². The van der Waals surface area contributed by atoms with E-state index in [9.17, 15) is 19.2 Å². The SMILES string of the molecule is CNC(C)C(=S)N[C@H]1CCS[C@H]2CC(C)(C)[C@@H](C(=O)NC(COCCOCCOCC(NC(=O)[C@H]3N4C(=O)[C@@H](NC(=S)C(C)NC)CCS[C@H]4CC3(C)C)c3ccccc3)c3ccccc3)N2C1=O.Cl.Cl. The van der Waals surface area contributed by atoms with Crippen LogP contribution >= 0.6 is 72.8 Å². The lowest BCUT2D eigenvalue weighted by Crippen LogP contribution is -2.58. The zero-order chi connectivity index (χ0) is 49.9. The molecule has 2 aromatic rings. The van der Waals surface area contributed by atoms with Crippen molar-refractivity contribution < 1.29 is 33.4 Å². The van der Waals surface area contributed by atoms with Crippen molar-refractivity contribution >= 4 is 106 Å². The van der Waals surface area contributed by atoms with Crippen LogP contribution in [0.15, 0.2) is 60.7 Å². The maximum absolute atomic E-state index is 14.4. The highest BCUT2D eigenvalue weighted by Crippen LogP contribution is 2.48. The quantitative estimate of drug-likeness (QED) is 0.0639. The van der Waals surface area contributed by atoms with E-state index in [0.29, 0.717) is 48.9 Å². The van der Waals surface area contributed by atoms with Crippen LogP contribution in [0.1, 0.15) is 90.4 Å². The predicted molar refractivity (Wildman–Crippen MR) is 297 cm³/mol. The molecule has 15 nitrogen and oxygen atoms in total. The Balaban J connectivity index is 0.00000548. The molecular weight excluding hydrogens is 1020 g/mol. The van der Waals surface area contributed by atoms with E-state index in [2.05, 4.69) is 59.6 Å². The van der Waals surface area contributed by atoms with Crippen LogP contribution in [0.3, 0.4) is 0 Å². The number of hydrogen-bond donors (Lipinski definition) is 6. The highest BCUT2D eigenvalue weighted by Gasteiger charge is 2.56. The lowest BCUT2D eigenvalue weighted by molar-refractivity contribution is -0.142. The Morgan fingerprint density at radius 3 is 1.34 bits per heavy atom. The Labute approximate surface area is 452 Å². The summed E-state index contributed by atoms with van der Waals surface area (Å²) in [6.45, 7) is 13.7. The van der Waals surface area contributed by atoms with Crippen LogP contribution in [0.25, 0.3) is 0 Å². The molecule has 2 aromatic carbocycles. The minimum absolute atomic E-state index is 0. The molecule has 0 radical (unpaired) electrons. The fraction of sp³-hybridized carbons (Fsp3) is 0.640. The van der Waals surface area contributed by atoms with Gasteiger partial charge < -0.3 is 55.9 Å². The van der Waals surface area contributed by atoms with E-state index in [1.54, 1.807) is 33.3 Å². The first-order chi connectivity index (χ1) is 33.0. The van der Waals surface area contributed by atoms with Crippen molar-refractivity contribution in [2.24, 2.45) is 10.8 Å². The number of carbonyl (C=O) groups is 4. The normalized spacial score (nSPS) is 25.1. The van der Waals surface area contributed by atoms with Gasteiger partial charge in [-0.3, -0.25) is 19.2 Å². The van der Waals surface area contributed by atoms with Gasteiger partial charge in [0.1, 0.15) is 24.2 Å². The van der Waals surface area contributed by atoms with Crippen molar-refractivity contribution in [1.82, 2.24) is 41.7 Å². The van der Waals surface area contributed by atoms with Crippen LogP contribution < -0.4 is 31.9 Å². The molecule has 0 spiro atoms. The number of rotatable bonds is 22. The van der Waals surface area contributed by atoms with E-state index in [1.165, 1.54) is 0 Å². The van der Waals surface area contributed by atoms with Crippen LogP contribution in [-0.4, -0.2) is 156 Å². The van der Waals surface area contributed by atoms with Crippen LogP contribution in [0.4, 0.5) is 0 Å². The number of nitrogens with zero attached hydrogens (tertiary/aromatic N) is 2. The molecule has 0 bridgehead atoms. The standard InChI is InChI=1S/C50H74N8O7S4.2ClH/c1-31(51-7)45(66)55-35-19-25-68-39-27-49(3,4)41(57(39)47(35)61)43(59)53-37(33-15-11-9-12-16-33)29-64-23-21-63-22-24-65-30-38(34-17-13-10-14-18-34)54-44(60)42-50(5,6)28-40-58(42)48(62)36(20-26-69-40)56-46(67)32(2)52-8;;/h9-18,31-32,35-42,51-52H,19-30H2,1-8H3,(H,53,59)(H,54,60)(H,55,66)(H,56,67);2*1H/t31?,32?,35-,36-,37?,38?,39-,40-,41+,42+;;/m0../s1. The second kappa shape index (κ2) is 28.2. The summed E-state index contributed by atoms with van der Waals surface area (Å²) in [4.78, 5) is 62.0. The van der Waals surface area contributed by atoms with Crippen molar-refractivity contribution in [2.75, 3.05) is 65.2 Å². The van der Waals surface area contributed by atoms with Crippen molar-refractivity contribution in [3.05, 3.63) is 71.8 Å². The number of ether oxygens (including phenoxy) is 3. The van der Waals surface area contributed by atoms with Crippen molar-refractivity contribution in [2.45, 2.75) is 126 Å². The van der Waals surface area contributed by atoms with Gasteiger partial charge in [0.05, 0.1) is 84.5 Å². The maximum Gasteiger partial charge on any atom is 0.246 e. The van der Waals surface area contributed by atoms with Crippen LogP contribution in [0, 0.1) is 10.8 Å². The van der Waals surface area contributed by atoms with Gasteiger partial charge in [0, 0.05) is 0 Å². The van der Waals surface area contributed by atoms with E-state index < -0.39 is 47.1 Å². The number of hydrogen-bond acceptors (Lipinski definition) is 13. The maximum atomic E-state index is 14.4. The number of thiocarbonyl (C=S) groups is 2. The Kier molecular flexibility index (Phi) is 24.1. The molecule has 396 valence electrons. The summed E-state index contributed by atoms with van der Waals surface area (Å²) >= 11 is 14.7.